The van der Waals surface area contributed by atoms with E-state index in [0.29, 0.717) is 5.56 Å². The lowest BCUT2D eigenvalue weighted by atomic mass is 10.1. The van der Waals surface area contributed by atoms with Crippen LogP contribution in [-0.4, -0.2) is 18.8 Å². The first-order chi connectivity index (χ1) is 12.3. The minimum Gasteiger partial charge on any atom is -0.372 e. The molecule has 1 heterocycles. The molecule has 128 valence electrons. The predicted molar refractivity (Wildman–Crippen MR) is 104 cm³/mol. The van der Waals surface area contributed by atoms with Crippen molar-refractivity contribution in [3.8, 4) is 6.07 Å². The summed E-state index contributed by atoms with van der Waals surface area (Å²) in [6.07, 6.45) is 5.27. The Kier molecular flexibility index (Phi) is 5.69. The highest BCUT2D eigenvalue weighted by atomic mass is 15.3. The van der Waals surface area contributed by atoms with Crippen LogP contribution in [0.2, 0.25) is 0 Å². The maximum atomic E-state index is 8.83. The molecule has 2 aromatic rings. The Morgan fingerprint density at radius 2 is 1.60 bits per heavy atom. The van der Waals surface area contributed by atoms with E-state index in [-0.39, 0.29) is 0 Å². The van der Waals surface area contributed by atoms with Gasteiger partial charge in [-0.05, 0) is 61.7 Å². The van der Waals surface area contributed by atoms with E-state index in [4.69, 9.17) is 5.26 Å². The standard InChI is InChI=1S/C21H24N4/c1-17(23-24-20-10-6-18(16-22)7-11-20)19-8-12-21(13-9-19)25-14-4-2-3-5-15-25/h6-13,24H,2-5,14-15H2,1H3/b23-17+. The molecule has 0 aliphatic carbocycles. The third kappa shape index (κ3) is 4.60. The van der Waals surface area contributed by atoms with Gasteiger partial charge in [0.25, 0.3) is 0 Å². The Hall–Kier alpha value is -2.80. The summed E-state index contributed by atoms with van der Waals surface area (Å²) in [5.41, 5.74) is 7.92. The quantitative estimate of drug-likeness (QED) is 0.648. The number of hydrogen-bond donors (Lipinski definition) is 1. The maximum Gasteiger partial charge on any atom is 0.0991 e. The van der Waals surface area contributed by atoms with Gasteiger partial charge in [-0.3, -0.25) is 5.43 Å². The normalized spacial score (nSPS) is 15.4. The highest BCUT2D eigenvalue weighted by molar-refractivity contribution is 5.99. The number of rotatable bonds is 4. The van der Waals surface area contributed by atoms with Crippen molar-refractivity contribution in [2.75, 3.05) is 23.4 Å². The Balaban J connectivity index is 1.65. The molecule has 0 aromatic heterocycles. The fourth-order valence-corrected chi connectivity index (χ4v) is 3.07. The van der Waals surface area contributed by atoms with E-state index in [1.165, 1.54) is 31.4 Å². The summed E-state index contributed by atoms with van der Waals surface area (Å²) in [6.45, 7) is 4.32. The van der Waals surface area contributed by atoms with E-state index in [9.17, 15) is 0 Å². The second-order valence-corrected chi connectivity index (χ2v) is 6.45. The van der Waals surface area contributed by atoms with Crippen LogP contribution in [0.15, 0.2) is 53.6 Å². The SMILES string of the molecule is C/C(=N\Nc1ccc(C#N)cc1)c1ccc(N2CCCCCC2)cc1. The van der Waals surface area contributed by atoms with Gasteiger partial charge in [0.05, 0.1) is 23.0 Å². The van der Waals surface area contributed by atoms with Crippen LogP contribution in [0.3, 0.4) is 0 Å². The molecule has 1 aliphatic rings. The predicted octanol–water partition coefficient (Wildman–Crippen LogP) is 4.77. The topological polar surface area (TPSA) is 51.4 Å². The van der Waals surface area contributed by atoms with Crippen molar-refractivity contribution < 1.29 is 0 Å². The molecule has 1 fully saturated rings. The molecule has 2 aromatic carbocycles. The van der Waals surface area contributed by atoms with Crippen molar-refractivity contribution in [1.29, 1.82) is 5.26 Å². The molecule has 3 rings (SSSR count). The lowest BCUT2D eigenvalue weighted by Gasteiger charge is -2.22. The second-order valence-electron chi connectivity index (χ2n) is 6.45. The molecule has 25 heavy (non-hydrogen) atoms. The highest BCUT2D eigenvalue weighted by Crippen LogP contribution is 2.20. The summed E-state index contributed by atoms with van der Waals surface area (Å²) in [6, 6.07) is 18.1. The fraction of sp³-hybridized carbons (Fsp3) is 0.333. The van der Waals surface area contributed by atoms with Gasteiger partial charge in [0.2, 0.25) is 0 Å². The van der Waals surface area contributed by atoms with Crippen LogP contribution in [0.25, 0.3) is 0 Å². The van der Waals surface area contributed by atoms with Crippen molar-refractivity contribution in [2.24, 2.45) is 5.10 Å². The molecule has 0 unspecified atom stereocenters. The first-order valence-electron chi connectivity index (χ1n) is 8.92. The van der Waals surface area contributed by atoms with Crippen molar-refractivity contribution in [2.45, 2.75) is 32.6 Å². The molecule has 1 aliphatic heterocycles. The summed E-state index contributed by atoms with van der Waals surface area (Å²) in [5.74, 6) is 0. The van der Waals surface area contributed by atoms with Crippen molar-refractivity contribution in [3.63, 3.8) is 0 Å². The van der Waals surface area contributed by atoms with Crippen LogP contribution >= 0.6 is 0 Å². The Bertz CT molecular complexity index is 746. The zero-order valence-corrected chi connectivity index (χ0v) is 14.7. The van der Waals surface area contributed by atoms with Gasteiger partial charge in [0.1, 0.15) is 0 Å². The van der Waals surface area contributed by atoms with Crippen molar-refractivity contribution in [3.05, 3.63) is 59.7 Å². The van der Waals surface area contributed by atoms with Gasteiger partial charge in [0, 0.05) is 18.8 Å². The largest absolute Gasteiger partial charge is 0.372 e. The molecule has 1 N–H and O–H groups in total. The number of anilines is 2. The molecule has 0 spiro atoms. The summed E-state index contributed by atoms with van der Waals surface area (Å²) in [7, 11) is 0. The molecule has 4 nitrogen and oxygen atoms in total. The lowest BCUT2D eigenvalue weighted by Crippen LogP contribution is -2.23. The fourth-order valence-electron chi connectivity index (χ4n) is 3.07. The maximum absolute atomic E-state index is 8.83. The molecule has 1 saturated heterocycles. The van der Waals surface area contributed by atoms with E-state index in [1.807, 2.05) is 19.1 Å². The average molecular weight is 332 g/mol. The van der Waals surface area contributed by atoms with Gasteiger partial charge in [0.15, 0.2) is 0 Å². The van der Waals surface area contributed by atoms with E-state index in [1.54, 1.807) is 12.1 Å². The van der Waals surface area contributed by atoms with Gasteiger partial charge in [-0.1, -0.05) is 25.0 Å². The monoisotopic (exact) mass is 332 g/mol. The molecular weight excluding hydrogens is 308 g/mol. The minimum absolute atomic E-state index is 0.648. The molecule has 4 heteroatoms. The molecule has 0 radical (unpaired) electrons. The zero-order chi connectivity index (χ0) is 17.5. The number of nitrogens with zero attached hydrogens (tertiary/aromatic N) is 3. The second kappa shape index (κ2) is 8.34. The van der Waals surface area contributed by atoms with Crippen LogP contribution in [0.5, 0.6) is 0 Å². The van der Waals surface area contributed by atoms with E-state index >= 15 is 0 Å². The van der Waals surface area contributed by atoms with Crippen molar-refractivity contribution in [1.82, 2.24) is 0 Å². The van der Waals surface area contributed by atoms with Crippen LogP contribution in [0, 0.1) is 11.3 Å². The highest BCUT2D eigenvalue weighted by Gasteiger charge is 2.09. The molecule has 0 saturated carbocycles. The molecular formula is C21H24N4. The first kappa shape index (κ1) is 17.0. The summed E-state index contributed by atoms with van der Waals surface area (Å²) in [5, 5.41) is 13.3. The van der Waals surface area contributed by atoms with Crippen LogP contribution < -0.4 is 10.3 Å². The van der Waals surface area contributed by atoms with Crippen LogP contribution in [-0.2, 0) is 0 Å². The number of hydrogen-bond acceptors (Lipinski definition) is 4. The van der Waals surface area contributed by atoms with Gasteiger partial charge >= 0.3 is 0 Å². The summed E-state index contributed by atoms with van der Waals surface area (Å²) < 4.78 is 0. The van der Waals surface area contributed by atoms with Gasteiger partial charge in [-0.15, -0.1) is 0 Å². The molecule has 0 bridgehead atoms. The van der Waals surface area contributed by atoms with Gasteiger partial charge in [-0.25, -0.2) is 0 Å². The Morgan fingerprint density at radius 1 is 0.960 bits per heavy atom. The zero-order valence-electron chi connectivity index (χ0n) is 14.7. The van der Waals surface area contributed by atoms with Crippen LogP contribution in [0.4, 0.5) is 11.4 Å². The Morgan fingerprint density at radius 3 is 2.20 bits per heavy atom. The lowest BCUT2D eigenvalue weighted by molar-refractivity contribution is 0.726. The average Bonchev–Trinajstić information content (AvgIpc) is 2.96. The molecule has 0 atom stereocenters. The summed E-state index contributed by atoms with van der Waals surface area (Å²) >= 11 is 0. The smallest absolute Gasteiger partial charge is 0.0991 e. The number of hydrazone groups is 1. The van der Waals surface area contributed by atoms with E-state index in [2.05, 4.69) is 45.8 Å². The van der Waals surface area contributed by atoms with Gasteiger partial charge < -0.3 is 4.90 Å². The van der Waals surface area contributed by atoms with E-state index in [0.717, 1.165) is 30.1 Å². The Labute approximate surface area is 149 Å². The third-order valence-corrected chi connectivity index (χ3v) is 4.62. The van der Waals surface area contributed by atoms with Crippen LogP contribution in [0.1, 0.15) is 43.7 Å². The number of nitriles is 1. The summed E-state index contributed by atoms with van der Waals surface area (Å²) in [4.78, 5) is 2.48. The number of nitrogens with one attached hydrogen (secondary N) is 1. The number of benzene rings is 2. The van der Waals surface area contributed by atoms with Crippen molar-refractivity contribution >= 4 is 17.1 Å². The minimum atomic E-state index is 0.648. The third-order valence-electron chi connectivity index (χ3n) is 4.62. The molecule has 0 amide bonds. The van der Waals surface area contributed by atoms with E-state index < -0.39 is 0 Å². The van der Waals surface area contributed by atoms with Gasteiger partial charge in [-0.2, -0.15) is 10.4 Å². The first-order valence-corrected chi connectivity index (χ1v) is 8.92.